The lowest BCUT2D eigenvalue weighted by atomic mass is 9.91. The third-order valence-electron chi connectivity index (χ3n) is 3.93. The van der Waals surface area contributed by atoms with Gasteiger partial charge in [0.2, 0.25) is 5.91 Å². The van der Waals surface area contributed by atoms with Gasteiger partial charge in [0, 0.05) is 25.3 Å². The van der Waals surface area contributed by atoms with E-state index in [4.69, 9.17) is 5.73 Å². The molecule has 0 aliphatic carbocycles. The van der Waals surface area contributed by atoms with E-state index in [1.807, 2.05) is 6.92 Å². The Labute approximate surface area is 149 Å². The summed E-state index contributed by atoms with van der Waals surface area (Å²) < 4.78 is 0. The number of amides is 2. The molecule has 0 radical (unpaired) electrons. The van der Waals surface area contributed by atoms with E-state index in [9.17, 15) is 9.59 Å². The molecule has 1 atom stereocenters. The van der Waals surface area contributed by atoms with Crippen LogP contribution in [0.3, 0.4) is 0 Å². The average molecular weight is 363 g/mol. The standard InChI is InChI=1S/C15H22N4O2.2ClH/c1-11(16)12-5-8-19(9-6-12)14(20)10-18-15(21)13-4-2-3-7-17-13;;/h2-4,7,11-12H,5-6,8-10,16H2,1H3,(H,18,21);2*1H. The van der Waals surface area contributed by atoms with E-state index in [-0.39, 0.29) is 49.2 Å². The molecule has 0 spiro atoms. The van der Waals surface area contributed by atoms with Crippen LogP contribution in [0, 0.1) is 5.92 Å². The Kier molecular flexibility index (Phi) is 9.79. The van der Waals surface area contributed by atoms with Crippen molar-refractivity contribution in [2.24, 2.45) is 11.7 Å². The first kappa shape index (κ1) is 21.6. The van der Waals surface area contributed by atoms with Crippen molar-refractivity contribution in [3.05, 3.63) is 30.1 Å². The Hall–Kier alpha value is -1.37. The fourth-order valence-corrected chi connectivity index (χ4v) is 2.53. The number of carbonyl (C=O) groups excluding carboxylic acids is 2. The summed E-state index contributed by atoms with van der Waals surface area (Å²) in [6, 6.07) is 5.27. The predicted octanol–water partition coefficient (Wildman–Crippen LogP) is 1.24. The van der Waals surface area contributed by atoms with Crippen LogP contribution in [0.5, 0.6) is 0 Å². The third-order valence-corrected chi connectivity index (χ3v) is 3.93. The summed E-state index contributed by atoms with van der Waals surface area (Å²) in [6.07, 6.45) is 3.41. The molecule has 1 aromatic heterocycles. The van der Waals surface area contributed by atoms with Gasteiger partial charge in [-0.15, -0.1) is 24.8 Å². The molecule has 1 aliphatic rings. The second kappa shape index (κ2) is 10.4. The van der Waals surface area contributed by atoms with Crippen molar-refractivity contribution >= 4 is 36.6 Å². The molecule has 1 aliphatic heterocycles. The molecule has 1 unspecified atom stereocenters. The van der Waals surface area contributed by atoms with Crippen molar-refractivity contribution in [2.45, 2.75) is 25.8 Å². The molecular weight excluding hydrogens is 339 g/mol. The van der Waals surface area contributed by atoms with Gasteiger partial charge < -0.3 is 16.0 Å². The van der Waals surface area contributed by atoms with E-state index in [0.29, 0.717) is 24.7 Å². The van der Waals surface area contributed by atoms with Gasteiger partial charge in [0.15, 0.2) is 0 Å². The first-order valence-corrected chi connectivity index (χ1v) is 7.30. The van der Waals surface area contributed by atoms with Crippen LogP contribution in [-0.2, 0) is 4.79 Å². The molecule has 0 aromatic carbocycles. The van der Waals surface area contributed by atoms with Gasteiger partial charge in [0.05, 0.1) is 6.54 Å². The molecule has 2 amide bonds. The zero-order chi connectivity index (χ0) is 15.2. The topological polar surface area (TPSA) is 88.3 Å². The highest BCUT2D eigenvalue weighted by molar-refractivity contribution is 5.94. The number of halogens is 2. The van der Waals surface area contributed by atoms with Crippen LogP contribution < -0.4 is 11.1 Å². The third kappa shape index (κ3) is 6.33. The number of rotatable bonds is 4. The van der Waals surface area contributed by atoms with E-state index in [1.165, 1.54) is 0 Å². The van der Waals surface area contributed by atoms with Crippen molar-refractivity contribution in [2.75, 3.05) is 19.6 Å². The number of pyridine rings is 1. The predicted molar refractivity (Wildman–Crippen MR) is 94.0 cm³/mol. The number of nitrogens with two attached hydrogens (primary N) is 1. The van der Waals surface area contributed by atoms with Gasteiger partial charge in [-0.25, -0.2) is 0 Å². The normalized spacial score (nSPS) is 15.8. The highest BCUT2D eigenvalue weighted by Gasteiger charge is 2.24. The highest BCUT2D eigenvalue weighted by atomic mass is 35.5. The van der Waals surface area contributed by atoms with E-state index in [1.54, 1.807) is 29.3 Å². The Morgan fingerprint density at radius 1 is 1.35 bits per heavy atom. The number of nitrogens with one attached hydrogen (secondary N) is 1. The molecule has 0 saturated carbocycles. The number of hydrogen-bond acceptors (Lipinski definition) is 4. The van der Waals surface area contributed by atoms with Crippen molar-refractivity contribution in [1.82, 2.24) is 15.2 Å². The van der Waals surface area contributed by atoms with Gasteiger partial charge in [-0.2, -0.15) is 0 Å². The minimum atomic E-state index is -0.325. The van der Waals surface area contributed by atoms with Crippen molar-refractivity contribution in [3.63, 3.8) is 0 Å². The molecule has 0 bridgehead atoms. The van der Waals surface area contributed by atoms with Gasteiger partial charge in [-0.1, -0.05) is 6.07 Å². The first-order chi connectivity index (χ1) is 10.1. The maximum Gasteiger partial charge on any atom is 0.270 e. The van der Waals surface area contributed by atoms with Gasteiger partial charge in [0.25, 0.3) is 5.91 Å². The van der Waals surface area contributed by atoms with Crippen LogP contribution >= 0.6 is 24.8 Å². The largest absolute Gasteiger partial charge is 0.342 e. The highest BCUT2D eigenvalue weighted by Crippen LogP contribution is 2.19. The molecule has 130 valence electrons. The number of carbonyl (C=O) groups is 2. The molecule has 1 saturated heterocycles. The second-order valence-electron chi connectivity index (χ2n) is 5.47. The van der Waals surface area contributed by atoms with Crippen molar-refractivity contribution in [3.8, 4) is 0 Å². The SMILES string of the molecule is CC(N)C1CCN(C(=O)CNC(=O)c2ccccn2)CC1.Cl.Cl. The van der Waals surface area contributed by atoms with Crippen LogP contribution in [-0.4, -0.2) is 47.4 Å². The summed E-state index contributed by atoms with van der Waals surface area (Å²) in [5.74, 6) is 0.106. The van der Waals surface area contributed by atoms with Crippen molar-refractivity contribution in [1.29, 1.82) is 0 Å². The van der Waals surface area contributed by atoms with Crippen LogP contribution in [0.4, 0.5) is 0 Å². The number of nitrogens with zero attached hydrogens (tertiary/aromatic N) is 2. The maximum absolute atomic E-state index is 12.1. The van der Waals surface area contributed by atoms with Gasteiger partial charge in [-0.3, -0.25) is 14.6 Å². The summed E-state index contributed by atoms with van der Waals surface area (Å²) in [5.41, 5.74) is 6.20. The Morgan fingerprint density at radius 3 is 2.52 bits per heavy atom. The molecule has 1 fully saturated rings. The number of aromatic nitrogens is 1. The first-order valence-electron chi connectivity index (χ1n) is 7.30. The van der Waals surface area contributed by atoms with Gasteiger partial charge in [0.1, 0.15) is 5.69 Å². The number of hydrogen-bond donors (Lipinski definition) is 2. The number of piperidine rings is 1. The molecule has 6 nitrogen and oxygen atoms in total. The average Bonchev–Trinajstić information content (AvgIpc) is 2.53. The summed E-state index contributed by atoms with van der Waals surface area (Å²) >= 11 is 0. The zero-order valence-corrected chi connectivity index (χ0v) is 14.7. The molecule has 23 heavy (non-hydrogen) atoms. The minimum Gasteiger partial charge on any atom is -0.342 e. The Balaban J connectivity index is 0.00000242. The molecule has 8 heteroatoms. The minimum absolute atomic E-state index is 0. The second-order valence-corrected chi connectivity index (χ2v) is 5.47. The molecular formula is C15H24Cl2N4O2. The summed E-state index contributed by atoms with van der Waals surface area (Å²) in [5, 5.41) is 2.61. The molecule has 3 N–H and O–H groups in total. The van der Waals surface area contributed by atoms with E-state index in [0.717, 1.165) is 12.8 Å². The van der Waals surface area contributed by atoms with Gasteiger partial charge in [-0.05, 0) is 37.8 Å². The summed E-state index contributed by atoms with van der Waals surface area (Å²) in [4.78, 5) is 29.6. The fourth-order valence-electron chi connectivity index (χ4n) is 2.53. The Bertz CT molecular complexity index is 492. The summed E-state index contributed by atoms with van der Waals surface area (Å²) in [7, 11) is 0. The molecule has 1 aromatic rings. The zero-order valence-electron chi connectivity index (χ0n) is 13.1. The van der Waals surface area contributed by atoms with E-state index < -0.39 is 0 Å². The lowest BCUT2D eigenvalue weighted by molar-refractivity contribution is -0.131. The van der Waals surface area contributed by atoms with E-state index in [2.05, 4.69) is 10.3 Å². The smallest absolute Gasteiger partial charge is 0.270 e. The molecule has 2 heterocycles. The van der Waals surface area contributed by atoms with Crippen LogP contribution in [0.15, 0.2) is 24.4 Å². The Morgan fingerprint density at radius 2 is 2.00 bits per heavy atom. The number of likely N-dealkylation sites (tertiary alicyclic amines) is 1. The lowest BCUT2D eigenvalue weighted by Gasteiger charge is -2.33. The lowest BCUT2D eigenvalue weighted by Crippen LogP contribution is -2.46. The monoisotopic (exact) mass is 362 g/mol. The maximum atomic E-state index is 12.1. The fraction of sp³-hybridized carbons (Fsp3) is 0.533. The van der Waals surface area contributed by atoms with Crippen LogP contribution in [0.1, 0.15) is 30.3 Å². The van der Waals surface area contributed by atoms with Crippen molar-refractivity contribution < 1.29 is 9.59 Å². The summed E-state index contributed by atoms with van der Waals surface area (Å²) in [6.45, 7) is 3.45. The quantitative estimate of drug-likeness (QED) is 0.843. The van der Waals surface area contributed by atoms with Gasteiger partial charge >= 0.3 is 0 Å². The van der Waals surface area contributed by atoms with Crippen LogP contribution in [0.2, 0.25) is 0 Å². The van der Waals surface area contributed by atoms with Crippen LogP contribution in [0.25, 0.3) is 0 Å². The van der Waals surface area contributed by atoms with E-state index >= 15 is 0 Å². The molecule has 2 rings (SSSR count).